The molecule has 17 heavy (non-hydrogen) atoms. The lowest BCUT2D eigenvalue weighted by atomic mass is 10.1. The van der Waals surface area contributed by atoms with Crippen molar-refractivity contribution in [2.24, 2.45) is 5.92 Å². The van der Waals surface area contributed by atoms with Crippen LogP contribution in [0.2, 0.25) is 0 Å². The van der Waals surface area contributed by atoms with E-state index < -0.39 is 0 Å². The van der Waals surface area contributed by atoms with Gasteiger partial charge >= 0.3 is 0 Å². The molecule has 0 spiro atoms. The Bertz CT molecular complexity index is 382. The summed E-state index contributed by atoms with van der Waals surface area (Å²) in [6, 6.07) is 6.41. The molecule has 0 aliphatic carbocycles. The summed E-state index contributed by atoms with van der Waals surface area (Å²) in [5, 5.41) is 3.44. The van der Waals surface area contributed by atoms with Gasteiger partial charge in [0.15, 0.2) is 0 Å². The van der Waals surface area contributed by atoms with Gasteiger partial charge in [-0.05, 0) is 59.6 Å². The Labute approximate surface area is 120 Å². The Morgan fingerprint density at radius 1 is 1.41 bits per heavy atom. The Hall–Kier alpha value is -0.0600. The number of hydrogen-bond acceptors (Lipinski definition) is 2. The molecule has 1 aliphatic rings. The smallest absolute Gasteiger partial charge is 0.0511 e. The van der Waals surface area contributed by atoms with Gasteiger partial charge in [0.2, 0.25) is 0 Å². The van der Waals surface area contributed by atoms with Crippen LogP contribution in [-0.4, -0.2) is 26.2 Å². The number of rotatable bonds is 4. The topological polar surface area (TPSA) is 15.3 Å². The molecule has 1 unspecified atom stereocenters. The molecule has 1 atom stereocenters. The zero-order chi connectivity index (χ0) is 12.3. The number of halogens is 2. The zero-order valence-corrected chi connectivity index (χ0v) is 13.2. The van der Waals surface area contributed by atoms with E-state index in [4.69, 9.17) is 0 Å². The number of nitrogens with zero attached hydrogens (tertiary/aromatic N) is 1. The van der Waals surface area contributed by atoms with E-state index in [0.29, 0.717) is 0 Å². The fourth-order valence-electron chi connectivity index (χ4n) is 2.30. The SMILES string of the molecule is CCNCC1CCN(c2ccc(Br)cc2Br)C1. The van der Waals surface area contributed by atoms with Crippen LogP contribution in [-0.2, 0) is 0 Å². The maximum atomic E-state index is 3.64. The molecule has 1 aromatic carbocycles. The standard InChI is InChI=1S/C13H18Br2N2/c1-2-16-8-10-5-6-17(9-10)13-4-3-11(14)7-12(13)15/h3-4,7,10,16H,2,5-6,8-9H2,1H3. The Morgan fingerprint density at radius 2 is 2.24 bits per heavy atom. The van der Waals surface area contributed by atoms with Crippen LogP contribution in [0.5, 0.6) is 0 Å². The van der Waals surface area contributed by atoms with E-state index in [-0.39, 0.29) is 0 Å². The molecule has 0 amide bonds. The molecular formula is C13H18Br2N2. The minimum atomic E-state index is 0.783. The average Bonchev–Trinajstić information content (AvgIpc) is 2.75. The lowest BCUT2D eigenvalue weighted by Crippen LogP contribution is -2.26. The minimum Gasteiger partial charge on any atom is -0.370 e. The molecule has 94 valence electrons. The summed E-state index contributed by atoms with van der Waals surface area (Å²) in [5.74, 6) is 0.783. The number of hydrogen-bond donors (Lipinski definition) is 1. The molecule has 1 saturated heterocycles. The summed E-state index contributed by atoms with van der Waals surface area (Å²) in [6.07, 6.45) is 1.29. The summed E-state index contributed by atoms with van der Waals surface area (Å²) in [5.41, 5.74) is 1.31. The van der Waals surface area contributed by atoms with Gasteiger partial charge in [-0.15, -0.1) is 0 Å². The monoisotopic (exact) mass is 360 g/mol. The molecule has 2 nitrogen and oxygen atoms in total. The minimum absolute atomic E-state index is 0.783. The van der Waals surface area contributed by atoms with Gasteiger partial charge in [-0.25, -0.2) is 0 Å². The van der Waals surface area contributed by atoms with Gasteiger partial charge in [0, 0.05) is 22.0 Å². The summed E-state index contributed by atoms with van der Waals surface area (Å²) >= 11 is 7.13. The lowest BCUT2D eigenvalue weighted by molar-refractivity contribution is 0.528. The van der Waals surface area contributed by atoms with Gasteiger partial charge in [-0.2, -0.15) is 0 Å². The highest BCUT2D eigenvalue weighted by Gasteiger charge is 2.23. The molecule has 4 heteroatoms. The van der Waals surface area contributed by atoms with Gasteiger partial charge in [-0.1, -0.05) is 22.9 Å². The van der Waals surface area contributed by atoms with Gasteiger partial charge in [0.25, 0.3) is 0 Å². The number of benzene rings is 1. The highest BCUT2D eigenvalue weighted by molar-refractivity contribution is 9.11. The van der Waals surface area contributed by atoms with Gasteiger partial charge in [-0.3, -0.25) is 0 Å². The van der Waals surface area contributed by atoms with Crippen molar-refractivity contribution in [2.75, 3.05) is 31.1 Å². The average molecular weight is 362 g/mol. The van der Waals surface area contributed by atoms with Crippen molar-refractivity contribution in [3.8, 4) is 0 Å². The van der Waals surface area contributed by atoms with Crippen molar-refractivity contribution in [3.63, 3.8) is 0 Å². The van der Waals surface area contributed by atoms with Crippen LogP contribution in [0.15, 0.2) is 27.1 Å². The summed E-state index contributed by atoms with van der Waals surface area (Å²) in [6.45, 7) is 6.70. The molecule has 0 saturated carbocycles. The van der Waals surface area contributed by atoms with Crippen LogP contribution < -0.4 is 10.2 Å². The molecule has 1 N–H and O–H groups in total. The summed E-state index contributed by atoms with van der Waals surface area (Å²) in [4.78, 5) is 2.47. The number of nitrogens with one attached hydrogen (secondary N) is 1. The number of anilines is 1. The van der Waals surface area contributed by atoms with Crippen LogP contribution in [0.3, 0.4) is 0 Å². The maximum absolute atomic E-state index is 3.64. The lowest BCUT2D eigenvalue weighted by Gasteiger charge is -2.20. The van der Waals surface area contributed by atoms with Crippen molar-refractivity contribution in [1.82, 2.24) is 5.32 Å². The second-order valence-corrected chi connectivity index (χ2v) is 6.27. The molecule has 1 aromatic rings. The van der Waals surface area contributed by atoms with Crippen LogP contribution >= 0.6 is 31.9 Å². The second-order valence-electron chi connectivity index (χ2n) is 4.50. The maximum Gasteiger partial charge on any atom is 0.0511 e. The van der Waals surface area contributed by atoms with Crippen molar-refractivity contribution < 1.29 is 0 Å². The Kier molecular flexibility index (Phi) is 4.88. The third-order valence-corrected chi connectivity index (χ3v) is 4.35. The highest BCUT2D eigenvalue weighted by atomic mass is 79.9. The van der Waals surface area contributed by atoms with E-state index in [9.17, 15) is 0 Å². The van der Waals surface area contributed by atoms with Crippen molar-refractivity contribution in [1.29, 1.82) is 0 Å². The van der Waals surface area contributed by atoms with Crippen molar-refractivity contribution in [2.45, 2.75) is 13.3 Å². The van der Waals surface area contributed by atoms with E-state index >= 15 is 0 Å². The Morgan fingerprint density at radius 3 is 2.94 bits per heavy atom. The van der Waals surface area contributed by atoms with E-state index in [1.165, 1.54) is 16.6 Å². The van der Waals surface area contributed by atoms with Gasteiger partial charge in [0.1, 0.15) is 0 Å². The molecule has 1 aliphatic heterocycles. The molecule has 1 fully saturated rings. The predicted molar refractivity (Wildman–Crippen MR) is 80.7 cm³/mol. The van der Waals surface area contributed by atoms with Crippen molar-refractivity contribution in [3.05, 3.63) is 27.1 Å². The fraction of sp³-hybridized carbons (Fsp3) is 0.538. The third-order valence-electron chi connectivity index (χ3n) is 3.22. The molecule has 0 bridgehead atoms. The zero-order valence-electron chi connectivity index (χ0n) is 10.0. The molecule has 0 radical (unpaired) electrons. The summed E-state index contributed by atoms with van der Waals surface area (Å²) < 4.78 is 2.30. The van der Waals surface area contributed by atoms with E-state index in [1.54, 1.807) is 0 Å². The largest absolute Gasteiger partial charge is 0.370 e. The Balaban J connectivity index is 2.00. The van der Waals surface area contributed by atoms with Crippen LogP contribution in [0.4, 0.5) is 5.69 Å². The van der Waals surface area contributed by atoms with Crippen LogP contribution in [0.1, 0.15) is 13.3 Å². The molecule has 0 aromatic heterocycles. The second kappa shape index (κ2) is 6.21. The first-order chi connectivity index (χ1) is 8.20. The first-order valence-electron chi connectivity index (χ1n) is 6.11. The van der Waals surface area contributed by atoms with Crippen molar-refractivity contribution >= 4 is 37.5 Å². The van der Waals surface area contributed by atoms with Gasteiger partial charge in [0.05, 0.1) is 5.69 Å². The fourth-order valence-corrected chi connectivity index (χ4v) is 3.60. The normalized spacial score (nSPS) is 19.9. The van der Waals surface area contributed by atoms with Crippen LogP contribution in [0.25, 0.3) is 0 Å². The quantitative estimate of drug-likeness (QED) is 0.880. The van der Waals surface area contributed by atoms with E-state index in [2.05, 4.69) is 67.2 Å². The molecular weight excluding hydrogens is 344 g/mol. The van der Waals surface area contributed by atoms with Crippen LogP contribution in [0, 0.1) is 5.92 Å². The molecule has 2 rings (SSSR count). The first-order valence-corrected chi connectivity index (χ1v) is 7.70. The highest BCUT2D eigenvalue weighted by Crippen LogP contribution is 2.32. The van der Waals surface area contributed by atoms with E-state index in [1.807, 2.05) is 0 Å². The first kappa shape index (κ1) is 13.4. The third kappa shape index (κ3) is 3.46. The predicted octanol–water partition coefficient (Wildman–Crippen LogP) is 3.65. The summed E-state index contributed by atoms with van der Waals surface area (Å²) in [7, 11) is 0. The molecule has 1 heterocycles. The van der Waals surface area contributed by atoms with E-state index in [0.717, 1.165) is 36.6 Å². The van der Waals surface area contributed by atoms with Gasteiger partial charge < -0.3 is 10.2 Å².